The molecule has 1 aliphatic heterocycles. The van der Waals surface area contributed by atoms with Gasteiger partial charge in [0, 0.05) is 6.20 Å². The zero-order valence-electron chi connectivity index (χ0n) is 6.96. The molecular weight excluding hydrogens is 166 g/mol. The molecule has 0 radical (unpaired) electrons. The van der Waals surface area contributed by atoms with Crippen molar-refractivity contribution in [2.45, 2.75) is 0 Å². The lowest BCUT2D eigenvalue weighted by Crippen LogP contribution is -2.16. The van der Waals surface area contributed by atoms with Gasteiger partial charge >= 0.3 is 0 Å². The van der Waals surface area contributed by atoms with Crippen LogP contribution in [0.15, 0.2) is 46.9 Å². The van der Waals surface area contributed by atoms with Crippen LogP contribution in [-0.2, 0) is 0 Å². The van der Waals surface area contributed by atoms with Crippen molar-refractivity contribution in [1.82, 2.24) is 0 Å². The summed E-state index contributed by atoms with van der Waals surface area (Å²) in [5.74, 6) is 0.258. The standard InChI is InChI=1S/C9H9N3O/c13-9-4-2-8(3-5-9)12-7-1-6-10-11-12/h1-6,13H,7H2. The summed E-state index contributed by atoms with van der Waals surface area (Å²) < 4.78 is 0. The van der Waals surface area contributed by atoms with Crippen LogP contribution >= 0.6 is 0 Å². The van der Waals surface area contributed by atoms with Crippen molar-refractivity contribution in [3.8, 4) is 5.75 Å². The number of hydrogen-bond donors (Lipinski definition) is 1. The molecule has 1 N–H and O–H groups in total. The lowest BCUT2D eigenvalue weighted by atomic mass is 10.3. The van der Waals surface area contributed by atoms with Gasteiger partial charge in [0.15, 0.2) is 0 Å². The molecule has 0 atom stereocenters. The third kappa shape index (κ3) is 1.66. The molecule has 1 heterocycles. The van der Waals surface area contributed by atoms with Crippen molar-refractivity contribution >= 4 is 5.69 Å². The summed E-state index contributed by atoms with van der Waals surface area (Å²) in [6.07, 6.45) is 3.58. The number of nitrogens with zero attached hydrogens (tertiary/aromatic N) is 3. The average Bonchev–Trinajstić information content (AvgIpc) is 2.20. The quantitative estimate of drug-likeness (QED) is 0.710. The normalized spacial score (nSPS) is 14.9. The average molecular weight is 175 g/mol. The second kappa shape index (κ2) is 3.26. The largest absolute Gasteiger partial charge is 0.508 e. The molecule has 66 valence electrons. The van der Waals surface area contributed by atoms with Crippen molar-refractivity contribution in [2.75, 3.05) is 11.6 Å². The highest BCUT2D eigenvalue weighted by molar-refractivity contribution is 5.48. The molecule has 1 aromatic rings. The lowest BCUT2D eigenvalue weighted by molar-refractivity contribution is 0.475. The highest BCUT2D eigenvalue weighted by Gasteiger charge is 2.04. The van der Waals surface area contributed by atoms with Gasteiger partial charge in [0.25, 0.3) is 0 Å². The lowest BCUT2D eigenvalue weighted by Gasteiger charge is -2.16. The second-order valence-corrected chi connectivity index (χ2v) is 2.69. The van der Waals surface area contributed by atoms with E-state index in [9.17, 15) is 0 Å². The molecule has 0 unspecified atom stereocenters. The van der Waals surface area contributed by atoms with E-state index in [0.717, 1.165) is 5.69 Å². The molecule has 0 saturated carbocycles. The Labute approximate surface area is 75.8 Å². The molecule has 0 amide bonds. The topological polar surface area (TPSA) is 48.2 Å². The summed E-state index contributed by atoms with van der Waals surface area (Å²) in [5.41, 5.74) is 0.922. The van der Waals surface area contributed by atoms with Gasteiger partial charge in [0.2, 0.25) is 0 Å². The monoisotopic (exact) mass is 175 g/mol. The molecule has 4 heteroatoms. The molecule has 0 saturated heterocycles. The van der Waals surface area contributed by atoms with Gasteiger partial charge in [-0.15, -0.1) is 5.11 Å². The number of hydrogen-bond acceptors (Lipinski definition) is 4. The van der Waals surface area contributed by atoms with Gasteiger partial charge in [-0.25, -0.2) is 5.01 Å². The molecule has 1 aliphatic rings. The number of phenolic OH excluding ortho intramolecular Hbond substituents is 1. The van der Waals surface area contributed by atoms with Crippen LogP contribution < -0.4 is 5.01 Å². The first-order valence-electron chi connectivity index (χ1n) is 3.98. The van der Waals surface area contributed by atoms with Gasteiger partial charge in [0.1, 0.15) is 5.75 Å². The predicted molar refractivity (Wildman–Crippen MR) is 49.4 cm³/mol. The van der Waals surface area contributed by atoms with E-state index in [2.05, 4.69) is 10.3 Å². The smallest absolute Gasteiger partial charge is 0.115 e. The minimum atomic E-state index is 0.258. The van der Waals surface area contributed by atoms with Crippen molar-refractivity contribution in [1.29, 1.82) is 0 Å². The Kier molecular flexibility index (Phi) is 1.96. The first-order valence-corrected chi connectivity index (χ1v) is 3.98. The first-order chi connectivity index (χ1) is 6.36. The predicted octanol–water partition coefficient (Wildman–Crippen LogP) is 2.09. The zero-order chi connectivity index (χ0) is 9.10. The fraction of sp³-hybridized carbons (Fsp3) is 0.111. The van der Waals surface area contributed by atoms with E-state index in [4.69, 9.17) is 5.11 Å². The molecule has 13 heavy (non-hydrogen) atoms. The Hall–Kier alpha value is -1.84. The molecule has 0 fully saturated rings. The van der Waals surface area contributed by atoms with Crippen molar-refractivity contribution in [3.05, 3.63) is 36.5 Å². The summed E-state index contributed by atoms with van der Waals surface area (Å²) in [6, 6.07) is 6.85. The number of aromatic hydroxyl groups is 1. The maximum atomic E-state index is 9.07. The van der Waals surface area contributed by atoms with E-state index in [1.165, 1.54) is 0 Å². The fourth-order valence-corrected chi connectivity index (χ4v) is 1.10. The number of rotatable bonds is 1. The summed E-state index contributed by atoms with van der Waals surface area (Å²) in [6.45, 7) is 0.717. The van der Waals surface area contributed by atoms with E-state index < -0.39 is 0 Å². The van der Waals surface area contributed by atoms with Crippen LogP contribution in [0.3, 0.4) is 0 Å². The zero-order valence-corrected chi connectivity index (χ0v) is 6.96. The highest BCUT2D eigenvalue weighted by atomic mass is 16.3. The van der Waals surface area contributed by atoms with Gasteiger partial charge in [-0.05, 0) is 30.3 Å². The molecule has 2 rings (SSSR count). The molecule has 0 bridgehead atoms. The van der Waals surface area contributed by atoms with Crippen LogP contribution in [0.2, 0.25) is 0 Å². The Morgan fingerprint density at radius 3 is 2.62 bits per heavy atom. The van der Waals surface area contributed by atoms with Gasteiger partial charge < -0.3 is 5.11 Å². The highest BCUT2D eigenvalue weighted by Crippen LogP contribution is 2.19. The van der Waals surface area contributed by atoms with E-state index >= 15 is 0 Å². The Balaban J connectivity index is 2.21. The molecule has 0 spiro atoms. The summed E-state index contributed by atoms with van der Waals surface area (Å²) in [4.78, 5) is 0. The minimum Gasteiger partial charge on any atom is -0.508 e. The third-order valence-electron chi connectivity index (χ3n) is 1.76. The van der Waals surface area contributed by atoms with Gasteiger partial charge in [-0.1, -0.05) is 5.22 Å². The Morgan fingerprint density at radius 1 is 1.23 bits per heavy atom. The van der Waals surface area contributed by atoms with Crippen LogP contribution in [0, 0.1) is 0 Å². The summed E-state index contributed by atoms with van der Waals surface area (Å²) in [5, 5.41) is 18.5. The minimum absolute atomic E-state index is 0.258. The fourth-order valence-electron chi connectivity index (χ4n) is 1.10. The molecule has 0 aromatic heterocycles. The van der Waals surface area contributed by atoms with Crippen molar-refractivity contribution in [2.24, 2.45) is 10.3 Å². The molecular formula is C9H9N3O. The second-order valence-electron chi connectivity index (χ2n) is 2.69. The summed E-state index contributed by atoms with van der Waals surface area (Å²) >= 11 is 0. The maximum absolute atomic E-state index is 9.07. The first kappa shape index (κ1) is 7.79. The third-order valence-corrected chi connectivity index (χ3v) is 1.76. The van der Waals surface area contributed by atoms with E-state index in [0.29, 0.717) is 6.54 Å². The number of anilines is 1. The Bertz CT molecular complexity index is 342. The van der Waals surface area contributed by atoms with Gasteiger partial charge in [-0.2, -0.15) is 0 Å². The number of benzene rings is 1. The molecule has 1 aromatic carbocycles. The molecule has 4 nitrogen and oxygen atoms in total. The van der Waals surface area contributed by atoms with Crippen LogP contribution in [0.5, 0.6) is 5.75 Å². The van der Waals surface area contributed by atoms with Crippen LogP contribution in [-0.4, -0.2) is 11.7 Å². The van der Waals surface area contributed by atoms with Crippen LogP contribution in [0.25, 0.3) is 0 Å². The summed E-state index contributed by atoms with van der Waals surface area (Å²) in [7, 11) is 0. The van der Waals surface area contributed by atoms with Gasteiger partial charge in [0.05, 0.1) is 12.2 Å². The van der Waals surface area contributed by atoms with Crippen LogP contribution in [0.4, 0.5) is 5.69 Å². The van der Waals surface area contributed by atoms with E-state index in [1.807, 2.05) is 6.08 Å². The van der Waals surface area contributed by atoms with Crippen molar-refractivity contribution in [3.63, 3.8) is 0 Å². The molecule has 0 aliphatic carbocycles. The SMILES string of the molecule is Oc1ccc(N2CC=CN=N2)cc1. The Morgan fingerprint density at radius 2 is 2.00 bits per heavy atom. The maximum Gasteiger partial charge on any atom is 0.115 e. The van der Waals surface area contributed by atoms with Crippen LogP contribution in [0.1, 0.15) is 0 Å². The van der Waals surface area contributed by atoms with E-state index in [1.54, 1.807) is 35.5 Å². The van der Waals surface area contributed by atoms with Gasteiger partial charge in [-0.3, -0.25) is 0 Å². The van der Waals surface area contributed by atoms with E-state index in [-0.39, 0.29) is 5.75 Å². The number of phenols is 1. The van der Waals surface area contributed by atoms with Crippen molar-refractivity contribution < 1.29 is 5.11 Å².